The number of aromatic nitrogens is 3. The molecular weight excluding hydrogens is 218 g/mol. The number of anilines is 1. The number of nitriles is 1. The molecule has 0 aliphatic heterocycles. The lowest BCUT2D eigenvalue weighted by Gasteiger charge is -2.02. The summed E-state index contributed by atoms with van der Waals surface area (Å²) < 4.78 is 0. The maximum absolute atomic E-state index is 11.7. The van der Waals surface area contributed by atoms with Crippen molar-refractivity contribution in [3.05, 3.63) is 41.7 Å². The molecule has 0 unspecified atom stereocenters. The Morgan fingerprint density at radius 1 is 1.53 bits per heavy atom. The van der Waals surface area contributed by atoms with Crippen molar-refractivity contribution in [2.45, 2.75) is 0 Å². The Labute approximate surface area is 97.5 Å². The number of nitrogens with one attached hydrogen (secondary N) is 1. The van der Waals surface area contributed by atoms with E-state index in [0.29, 0.717) is 11.3 Å². The van der Waals surface area contributed by atoms with Crippen LogP contribution in [0.25, 0.3) is 0 Å². The zero-order valence-corrected chi connectivity index (χ0v) is 9.08. The minimum absolute atomic E-state index is 0.231. The maximum Gasteiger partial charge on any atom is 0.277 e. The highest BCUT2D eigenvalue weighted by atomic mass is 16.2. The quantitative estimate of drug-likeness (QED) is 0.827. The SMILES string of the molecule is Cn1ncc(C(=O)Nc2cccc(C#N)c2)n1. The van der Waals surface area contributed by atoms with Crippen LogP contribution in [0.2, 0.25) is 0 Å². The zero-order valence-electron chi connectivity index (χ0n) is 9.08. The standard InChI is InChI=1S/C11H9N5O/c1-16-13-7-10(15-16)11(17)14-9-4-2-3-8(5-9)6-12/h2-5,7H,1H3,(H,14,17). The van der Waals surface area contributed by atoms with Crippen molar-refractivity contribution in [2.75, 3.05) is 5.32 Å². The number of benzene rings is 1. The smallest absolute Gasteiger partial charge is 0.277 e. The van der Waals surface area contributed by atoms with E-state index in [1.807, 2.05) is 6.07 Å². The van der Waals surface area contributed by atoms with Crippen LogP contribution in [-0.4, -0.2) is 20.9 Å². The van der Waals surface area contributed by atoms with Gasteiger partial charge in [0, 0.05) is 12.7 Å². The number of carbonyl (C=O) groups excluding carboxylic acids is 1. The first kappa shape index (κ1) is 10.8. The number of carbonyl (C=O) groups is 1. The van der Waals surface area contributed by atoms with E-state index in [4.69, 9.17) is 5.26 Å². The molecule has 0 fully saturated rings. The van der Waals surface area contributed by atoms with Gasteiger partial charge in [0.2, 0.25) is 0 Å². The molecule has 84 valence electrons. The summed E-state index contributed by atoms with van der Waals surface area (Å²) >= 11 is 0. The Hall–Kier alpha value is -2.68. The molecule has 2 aromatic rings. The molecule has 6 heteroatoms. The van der Waals surface area contributed by atoms with Crippen molar-refractivity contribution < 1.29 is 4.79 Å². The molecule has 0 radical (unpaired) electrons. The summed E-state index contributed by atoms with van der Waals surface area (Å²) in [5.74, 6) is -0.354. The van der Waals surface area contributed by atoms with Crippen molar-refractivity contribution in [2.24, 2.45) is 7.05 Å². The Bertz CT molecular complexity index is 596. The summed E-state index contributed by atoms with van der Waals surface area (Å²) in [6, 6.07) is 8.66. The summed E-state index contributed by atoms with van der Waals surface area (Å²) in [4.78, 5) is 13.0. The van der Waals surface area contributed by atoms with E-state index >= 15 is 0 Å². The summed E-state index contributed by atoms with van der Waals surface area (Å²) in [7, 11) is 1.63. The summed E-state index contributed by atoms with van der Waals surface area (Å²) in [6.07, 6.45) is 1.38. The second-order valence-corrected chi connectivity index (χ2v) is 3.37. The van der Waals surface area contributed by atoms with Crippen LogP contribution in [0.15, 0.2) is 30.5 Å². The average molecular weight is 227 g/mol. The second-order valence-electron chi connectivity index (χ2n) is 3.37. The van der Waals surface area contributed by atoms with E-state index in [9.17, 15) is 4.79 Å². The number of aryl methyl sites for hydroxylation is 1. The summed E-state index contributed by atoms with van der Waals surface area (Å²) in [5.41, 5.74) is 1.27. The van der Waals surface area contributed by atoms with E-state index in [2.05, 4.69) is 15.5 Å². The van der Waals surface area contributed by atoms with Gasteiger partial charge in [-0.25, -0.2) is 0 Å². The second kappa shape index (κ2) is 4.45. The molecular formula is C11H9N5O. The van der Waals surface area contributed by atoms with Crippen LogP contribution in [0.3, 0.4) is 0 Å². The zero-order chi connectivity index (χ0) is 12.3. The average Bonchev–Trinajstić information content (AvgIpc) is 2.76. The monoisotopic (exact) mass is 227 g/mol. The lowest BCUT2D eigenvalue weighted by Crippen LogP contribution is -2.13. The lowest BCUT2D eigenvalue weighted by molar-refractivity contribution is 0.102. The molecule has 0 saturated heterocycles. The number of hydrogen-bond donors (Lipinski definition) is 1. The minimum Gasteiger partial charge on any atom is -0.321 e. The van der Waals surface area contributed by atoms with Gasteiger partial charge in [-0.3, -0.25) is 4.79 Å². The van der Waals surface area contributed by atoms with Crippen LogP contribution in [0.4, 0.5) is 5.69 Å². The van der Waals surface area contributed by atoms with Gasteiger partial charge in [-0.15, -0.1) is 5.10 Å². The van der Waals surface area contributed by atoms with Gasteiger partial charge < -0.3 is 5.32 Å². The van der Waals surface area contributed by atoms with Crippen molar-refractivity contribution in [3.8, 4) is 6.07 Å². The molecule has 1 aromatic heterocycles. The van der Waals surface area contributed by atoms with Crippen LogP contribution in [0.5, 0.6) is 0 Å². The highest BCUT2D eigenvalue weighted by molar-refractivity contribution is 6.02. The fraction of sp³-hybridized carbons (Fsp3) is 0.0909. The van der Waals surface area contributed by atoms with E-state index in [1.165, 1.54) is 11.0 Å². The van der Waals surface area contributed by atoms with Gasteiger partial charge in [0.25, 0.3) is 5.91 Å². The van der Waals surface area contributed by atoms with Crippen LogP contribution >= 0.6 is 0 Å². The third-order valence-electron chi connectivity index (χ3n) is 2.08. The largest absolute Gasteiger partial charge is 0.321 e. The van der Waals surface area contributed by atoms with Gasteiger partial charge in [0.05, 0.1) is 17.8 Å². The van der Waals surface area contributed by atoms with Crippen molar-refractivity contribution in [1.29, 1.82) is 5.26 Å². The van der Waals surface area contributed by atoms with Crippen molar-refractivity contribution in [1.82, 2.24) is 15.0 Å². The van der Waals surface area contributed by atoms with Crippen molar-refractivity contribution >= 4 is 11.6 Å². The molecule has 1 amide bonds. The number of rotatable bonds is 2. The Balaban J connectivity index is 2.16. The fourth-order valence-electron chi connectivity index (χ4n) is 1.31. The van der Waals surface area contributed by atoms with Crippen LogP contribution in [0.1, 0.15) is 16.1 Å². The van der Waals surface area contributed by atoms with Gasteiger partial charge in [0.15, 0.2) is 5.69 Å². The van der Waals surface area contributed by atoms with Gasteiger partial charge >= 0.3 is 0 Å². The van der Waals surface area contributed by atoms with E-state index in [-0.39, 0.29) is 11.6 Å². The predicted molar refractivity (Wildman–Crippen MR) is 60.1 cm³/mol. The van der Waals surface area contributed by atoms with Crippen LogP contribution < -0.4 is 5.32 Å². The topological polar surface area (TPSA) is 83.6 Å². The van der Waals surface area contributed by atoms with Gasteiger partial charge in [0.1, 0.15) is 0 Å². The van der Waals surface area contributed by atoms with Gasteiger partial charge in [-0.1, -0.05) is 6.07 Å². The van der Waals surface area contributed by atoms with Gasteiger partial charge in [-0.05, 0) is 18.2 Å². The highest BCUT2D eigenvalue weighted by Gasteiger charge is 2.09. The first-order valence-corrected chi connectivity index (χ1v) is 4.87. The maximum atomic E-state index is 11.7. The van der Waals surface area contributed by atoms with E-state index in [0.717, 1.165) is 0 Å². The lowest BCUT2D eigenvalue weighted by atomic mass is 10.2. The number of amides is 1. The minimum atomic E-state index is -0.354. The molecule has 1 N–H and O–H groups in total. The number of hydrogen-bond acceptors (Lipinski definition) is 4. The summed E-state index contributed by atoms with van der Waals surface area (Å²) in [6.45, 7) is 0. The van der Waals surface area contributed by atoms with E-state index < -0.39 is 0 Å². The van der Waals surface area contributed by atoms with Crippen LogP contribution in [0, 0.1) is 11.3 Å². The first-order valence-electron chi connectivity index (χ1n) is 4.87. The molecule has 1 aromatic carbocycles. The third-order valence-corrected chi connectivity index (χ3v) is 2.08. The highest BCUT2D eigenvalue weighted by Crippen LogP contribution is 2.10. The Morgan fingerprint density at radius 3 is 3.00 bits per heavy atom. The molecule has 1 heterocycles. The normalized spacial score (nSPS) is 9.65. The van der Waals surface area contributed by atoms with Crippen LogP contribution in [-0.2, 0) is 7.05 Å². The Kier molecular flexibility index (Phi) is 2.83. The number of nitrogens with zero attached hydrogens (tertiary/aromatic N) is 4. The Morgan fingerprint density at radius 2 is 2.35 bits per heavy atom. The first-order chi connectivity index (χ1) is 8.19. The fourth-order valence-corrected chi connectivity index (χ4v) is 1.31. The summed E-state index contributed by atoms with van der Waals surface area (Å²) in [5, 5.41) is 19.1. The molecule has 0 aliphatic carbocycles. The molecule has 6 nitrogen and oxygen atoms in total. The van der Waals surface area contributed by atoms with Crippen molar-refractivity contribution in [3.63, 3.8) is 0 Å². The predicted octanol–water partition coefficient (Wildman–Crippen LogP) is 0.939. The molecule has 0 aliphatic rings. The van der Waals surface area contributed by atoms with Gasteiger partial charge in [-0.2, -0.15) is 15.2 Å². The molecule has 0 atom stereocenters. The molecule has 0 saturated carbocycles. The molecule has 0 bridgehead atoms. The molecule has 2 rings (SSSR count). The molecule has 0 spiro atoms. The third kappa shape index (κ3) is 2.46. The molecule has 17 heavy (non-hydrogen) atoms. The van der Waals surface area contributed by atoms with E-state index in [1.54, 1.807) is 31.3 Å².